The highest BCUT2D eigenvalue weighted by atomic mass is 32.2. The van der Waals surface area contributed by atoms with Crippen LogP contribution in [0.3, 0.4) is 0 Å². The molecule has 34 heavy (non-hydrogen) atoms. The number of rotatable bonds is 15. The third kappa shape index (κ3) is 6.82. The number of ether oxygens (including phenoxy) is 5. The fraction of sp³-hybridized carbons (Fsp3) is 0.600. The number of hydrogen-bond donors (Lipinski definition) is 1. The lowest BCUT2D eigenvalue weighted by atomic mass is 10.0. The number of nitrogens with zero attached hydrogens (tertiary/aromatic N) is 2. The Bertz CT molecular complexity index is 819. The van der Waals surface area contributed by atoms with E-state index in [-0.39, 0.29) is 11.3 Å². The molecule has 3 rings (SSSR count). The van der Waals surface area contributed by atoms with Gasteiger partial charge in [-0.15, -0.1) is 11.8 Å². The molecule has 0 amide bonds. The van der Waals surface area contributed by atoms with E-state index >= 15 is 0 Å². The van der Waals surface area contributed by atoms with E-state index in [1.165, 1.54) is 10.6 Å². The molecule has 0 radical (unpaired) electrons. The van der Waals surface area contributed by atoms with Crippen molar-refractivity contribution in [2.75, 3.05) is 98.4 Å². The van der Waals surface area contributed by atoms with E-state index in [2.05, 4.69) is 45.5 Å². The van der Waals surface area contributed by atoms with Crippen molar-refractivity contribution in [2.24, 2.45) is 0 Å². The van der Waals surface area contributed by atoms with Crippen molar-refractivity contribution in [3.8, 4) is 5.75 Å². The topological polar surface area (TPSA) is 64.7 Å². The van der Waals surface area contributed by atoms with Crippen molar-refractivity contribution in [3.63, 3.8) is 0 Å². The highest BCUT2D eigenvalue weighted by molar-refractivity contribution is 8.00. The Hall–Kier alpha value is -1.91. The van der Waals surface area contributed by atoms with Crippen LogP contribution in [0.4, 0.5) is 11.4 Å². The second kappa shape index (κ2) is 13.8. The van der Waals surface area contributed by atoms with Gasteiger partial charge in [0.2, 0.25) is 0 Å². The smallest absolute Gasteiger partial charge is 0.144 e. The first-order chi connectivity index (χ1) is 16.6. The number of thioether (sulfide) groups is 1. The van der Waals surface area contributed by atoms with Gasteiger partial charge >= 0.3 is 0 Å². The number of benzene rings is 1. The van der Waals surface area contributed by atoms with Crippen LogP contribution < -0.4 is 15.0 Å². The van der Waals surface area contributed by atoms with Crippen LogP contribution in [0.5, 0.6) is 5.75 Å². The standard InChI is InChI=1S/C25H39N3O5S/c1-29-12-8-27(9-13-30-2)19-6-7-20-24(16-19)34-25-18-22(23(33-5)17-21(25)26-20)28(10-14-31-3)11-15-32-4/h6-7,16-18,20,24,26H,8-15H2,1-5H3. The van der Waals surface area contributed by atoms with Crippen LogP contribution in [0.2, 0.25) is 0 Å². The fourth-order valence-corrected chi connectivity index (χ4v) is 5.34. The van der Waals surface area contributed by atoms with Crippen LogP contribution in [-0.2, 0) is 18.9 Å². The summed E-state index contributed by atoms with van der Waals surface area (Å²) in [5.74, 6) is 0.846. The zero-order chi connectivity index (χ0) is 24.3. The molecule has 1 N–H and O–H groups in total. The number of hydrogen-bond acceptors (Lipinski definition) is 9. The third-order valence-electron chi connectivity index (χ3n) is 6.00. The summed E-state index contributed by atoms with van der Waals surface area (Å²) in [5, 5.41) is 3.99. The summed E-state index contributed by atoms with van der Waals surface area (Å²) in [5.41, 5.74) is 3.37. The van der Waals surface area contributed by atoms with Crippen molar-refractivity contribution in [3.05, 3.63) is 36.1 Å². The molecule has 1 heterocycles. The average molecular weight is 494 g/mol. The van der Waals surface area contributed by atoms with Crippen LogP contribution >= 0.6 is 11.8 Å². The maximum atomic E-state index is 5.78. The van der Waals surface area contributed by atoms with E-state index in [1.807, 2.05) is 11.8 Å². The van der Waals surface area contributed by atoms with Crippen LogP contribution in [0, 0.1) is 0 Å². The lowest BCUT2D eigenvalue weighted by Gasteiger charge is -2.37. The lowest BCUT2D eigenvalue weighted by Crippen LogP contribution is -2.37. The van der Waals surface area contributed by atoms with Gasteiger partial charge in [-0.2, -0.15) is 0 Å². The molecule has 190 valence electrons. The quantitative estimate of drug-likeness (QED) is 0.397. The summed E-state index contributed by atoms with van der Waals surface area (Å²) >= 11 is 1.88. The molecule has 0 saturated heterocycles. The number of nitrogens with one attached hydrogen (secondary N) is 1. The van der Waals surface area contributed by atoms with E-state index in [9.17, 15) is 0 Å². The molecular formula is C25H39N3O5S. The zero-order valence-corrected chi connectivity index (χ0v) is 21.9. The second-order valence-electron chi connectivity index (χ2n) is 8.17. The average Bonchev–Trinajstić information content (AvgIpc) is 2.86. The Balaban J connectivity index is 1.85. The van der Waals surface area contributed by atoms with Crippen LogP contribution in [0.1, 0.15) is 0 Å². The number of methoxy groups -OCH3 is 5. The largest absolute Gasteiger partial charge is 0.495 e. The van der Waals surface area contributed by atoms with Crippen LogP contribution in [0.25, 0.3) is 0 Å². The van der Waals surface area contributed by atoms with Crippen molar-refractivity contribution < 1.29 is 23.7 Å². The molecule has 1 aliphatic heterocycles. The summed E-state index contributed by atoms with van der Waals surface area (Å²) in [6.07, 6.45) is 6.81. The summed E-state index contributed by atoms with van der Waals surface area (Å²) in [4.78, 5) is 5.80. The molecule has 1 aliphatic carbocycles. The van der Waals surface area contributed by atoms with Crippen molar-refractivity contribution in [1.82, 2.24) is 4.90 Å². The van der Waals surface area contributed by atoms with E-state index in [0.717, 1.165) is 43.3 Å². The van der Waals surface area contributed by atoms with Crippen molar-refractivity contribution in [2.45, 2.75) is 16.2 Å². The van der Waals surface area contributed by atoms with Gasteiger partial charge in [-0.05, 0) is 18.2 Å². The Morgan fingerprint density at radius 1 is 0.824 bits per heavy atom. The normalized spacial score (nSPS) is 18.6. The minimum absolute atomic E-state index is 0.224. The molecule has 1 aromatic rings. The van der Waals surface area contributed by atoms with Gasteiger partial charge in [-0.3, -0.25) is 0 Å². The van der Waals surface area contributed by atoms with Gasteiger partial charge < -0.3 is 38.8 Å². The van der Waals surface area contributed by atoms with Gasteiger partial charge in [0.25, 0.3) is 0 Å². The molecular weight excluding hydrogens is 454 g/mol. The van der Waals surface area contributed by atoms with Crippen molar-refractivity contribution in [1.29, 1.82) is 0 Å². The molecule has 0 fully saturated rings. The van der Waals surface area contributed by atoms with Crippen molar-refractivity contribution >= 4 is 23.1 Å². The molecule has 8 nitrogen and oxygen atoms in total. The number of anilines is 2. The van der Waals surface area contributed by atoms with Crippen LogP contribution in [0.15, 0.2) is 41.0 Å². The first-order valence-electron chi connectivity index (χ1n) is 11.7. The first kappa shape index (κ1) is 26.7. The predicted molar refractivity (Wildman–Crippen MR) is 139 cm³/mol. The second-order valence-corrected chi connectivity index (χ2v) is 9.39. The predicted octanol–water partition coefficient (Wildman–Crippen LogP) is 3.10. The summed E-state index contributed by atoms with van der Waals surface area (Å²) in [7, 11) is 8.64. The summed E-state index contributed by atoms with van der Waals surface area (Å²) in [6, 6.07) is 4.56. The molecule has 2 unspecified atom stereocenters. The minimum Gasteiger partial charge on any atom is -0.495 e. The van der Waals surface area contributed by atoms with Gasteiger partial charge in [-0.1, -0.05) is 6.08 Å². The molecule has 1 aromatic carbocycles. The molecule has 9 heteroatoms. The number of allylic oxidation sites excluding steroid dienone is 1. The summed E-state index contributed by atoms with van der Waals surface area (Å²) in [6.45, 7) is 5.82. The SMILES string of the molecule is COCCN(CCOC)C1=CC2Sc3cc(N(CCOC)CCOC)c(OC)cc3NC2C=C1. The number of fused-ring (bicyclic) bond motifs is 2. The fourth-order valence-electron chi connectivity index (χ4n) is 4.11. The van der Waals surface area contributed by atoms with Gasteiger partial charge in [0.1, 0.15) is 5.75 Å². The Labute approximate surface area is 208 Å². The Morgan fingerprint density at radius 2 is 1.41 bits per heavy atom. The highest BCUT2D eigenvalue weighted by Gasteiger charge is 2.30. The van der Waals surface area contributed by atoms with Gasteiger partial charge in [0.15, 0.2) is 0 Å². The molecule has 2 aliphatic rings. The van der Waals surface area contributed by atoms with Gasteiger partial charge in [0.05, 0.1) is 56.2 Å². The van der Waals surface area contributed by atoms with E-state index in [0.29, 0.717) is 26.4 Å². The molecule has 0 spiro atoms. The molecule has 0 bridgehead atoms. The maximum Gasteiger partial charge on any atom is 0.144 e. The van der Waals surface area contributed by atoms with Gasteiger partial charge in [0, 0.05) is 71.3 Å². The lowest BCUT2D eigenvalue weighted by molar-refractivity contribution is 0.133. The Kier molecular flexibility index (Phi) is 10.9. The van der Waals surface area contributed by atoms with E-state index in [4.69, 9.17) is 23.7 Å². The third-order valence-corrected chi connectivity index (χ3v) is 7.29. The summed E-state index contributed by atoms with van der Waals surface area (Å²) < 4.78 is 27.1. The van der Waals surface area contributed by atoms with E-state index in [1.54, 1.807) is 35.5 Å². The highest BCUT2D eigenvalue weighted by Crippen LogP contribution is 2.46. The maximum absolute atomic E-state index is 5.78. The first-order valence-corrected chi connectivity index (χ1v) is 12.5. The molecule has 2 atom stereocenters. The van der Waals surface area contributed by atoms with Gasteiger partial charge in [-0.25, -0.2) is 0 Å². The monoisotopic (exact) mass is 493 g/mol. The Morgan fingerprint density at radius 3 is 1.97 bits per heavy atom. The molecule has 0 aromatic heterocycles. The zero-order valence-electron chi connectivity index (χ0n) is 21.0. The van der Waals surface area contributed by atoms with Crippen LogP contribution in [-0.4, -0.2) is 104 Å². The van der Waals surface area contributed by atoms with E-state index < -0.39 is 0 Å². The minimum atomic E-state index is 0.224. The molecule has 0 saturated carbocycles.